The molecule has 20 heavy (non-hydrogen) atoms. The van der Waals surface area contributed by atoms with E-state index in [-0.39, 0.29) is 23.1 Å². The Balaban J connectivity index is 2.04. The van der Waals surface area contributed by atoms with Crippen molar-refractivity contribution in [1.29, 1.82) is 5.26 Å². The van der Waals surface area contributed by atoms with Gasteiger partial charge in [-0.15, -0.1) is 0 Å². The summed E-state index contributed by atoms with van der Waals surface area (Å²) in [6.07, 6.45) is 0.819. The van der Waals surface area contributed by atoms with Crippen LogP contribution in [0.3, 0.4) is 0 Å². The summed E-state index contributed by atoms with van der Waals surface area (Å²) in [5.41, 5.74) is -1.62. The number of hydrogen-bond donors (Lipinski definition) is 3. The van der Waals surface area contributed by atoms with Crippen molar-refractivity contribution in [2.45, 2.75) is 24.4 Å². The van der Waals surface area contributed by atoms with E-state index >= 15 is 0 Å². The zero-order chi connectivity index (χ0) is 14.3. The second-order valence-corrected chi connectivity index (χ2v) is 4.54. The van der Waals surface area contributed by atoms with E-state index in [4.69, 9.17) is 10.00 Å². The first-order chi connectivity index (χ1) is 9.61. The van der Waals surface area contributed by atoms with E-state index in [9.17, 15) is 15.0 Å². The monoisotopic (exact) mass is 277 g/mol. The summed E-state index contributed by atoms with van der Waals surface area (Å²) in [5, 5.41) is 28.2. The minimum atomic E-state index is -1.66. The molecule has 3 N–H and O–H groups in total. The molecule has 3 atom stereocenters. The molecule has 0 aliphatic carbocycles. The van der Waals surface area contributed by atoms with Gasteiger partial charge < -0.3 is 19.9 Å². The van der Waals surface area contributed by atoms with E-state index in [2.05, 4.69) is 15.0 Å². The molecule has 0 saturated carbocycles. The molecular weight excluding hydrogens is 266 g/mol. The van der Waals surface area contributed by atoms with Gasteiger partial charge >= 0.3 is 0 Å². The van der Waals surface area contributed by atoms with Gasteiger partial charge in [0.25, 0.3) is 5.56 Å². The SMILES string of the molecule is N#C[C@]1(CO)O[C@@H](n2cnc3c(=O)[nH]cnc32)C[C@@H]1O. The highest BCUT2D eigenvalue weighted by Gasteiger charge is 2.49. The van der Waals surface area contributed by atoms with Gasteiger partial charge in [0.2, 0.25) is 5.60 Å². The molecule has 0 aromatic carbocycles. The summed E-state index contributed by atoms with van der Waals surface area (Å²) in [5.74, 6) is 0. The fourth-order valence-electron chi connectivity index (χ4n) is 2.27. The summed E-state index contributed by atoms with van der Waals surface area (Å²) in [6.45, 7) is -0.623. The maximum Gasteiger partial charge on any atom is 0.278 e. The second kappa shape index (κ2) is 4.38. The third kappa shape index (κ3) is 1.63. The van der Waals surface area contributed by atoms with Crippen LogP contribution < -0.4 is 5.56 Å². The number of imidazole rings is 1. The average molecular weight is 277 g/mol. The Morgan fingerprint density at radius 3 is 3.10 bits per heavy atom. The van der Waals surface area contributed by atoms with Crippen molar-refractivity contribution in [3.8, 4) is 6.07 Å². The Hall–Kier alpha value is -2.28. The minimum absolute atomic E-state index is 0.0913. The number of H-pyrrole nitrogens is 1. The molecule has 3 heterocycles. The summed E-state index contributed by atoms with van der Waals surface area (Å²) in [4.78, 5) is 21.9. The number of nitrogens with zero attached hydrogens (tertiary/aromatic N) is 4. The van der Waals surface area contributed by atoms with Crippen molar-refractivity contribution in [3.05, 3.63) is 23.0 Å². The molecule has 2 aromatic rings. The number of aromatic nitrogens is 4. The van der Waals surface area contributed by atoms with Crippen LogP contribution in [0.25, 0.3) is 11.2 Å². The van der Waals surface area contributed by atoms with E-state index in [1.165, 1.54) is 17.2 Å². The lowest BCUT2D eigenvalue weighted by atomic mass is 10.00. The molecule has 0 bridgehead atoms. The first kappa shape index (κ1) is 12.7. The summed E-state index contributed by atoms with van der Waals surface area (Å²) < 4.78 is 6.92. The molecule has 3 rings (SSSR count). The lowest BCUT2D eigenvalue weighted by molar-refractivity contribution is -0.0904. The molecule has 104 valence electrons. The number of hydrogen-bond acceptors (Lipinski definition) is 7. The molecule has 1 fully saturated rings. The number of aromatic amines is 1. The van der Waals surface area contributed by atoms with Gasteiger partial charge in [-0.3, -0.25) is 9.36 Å². The Bertz CT molecular complexity index is 747. The number of nitriles is 1. The van der Waals surface area contributed by atoms with E-state index in [1.54, 1.807) is 6.07 Å². The van der Waals surface area contributed by atoms with Gasteiger partial charge in [0, 0.05) is 6.42 Å². The third-order valence-electron chi connectivity index (χ3n) is 3.41. The fraction of sp³-hybridized carbons (Fsp3) is 0.455. The molecule has 1 aliphatic heterocycles. The summed E-state index contributed by atoms with van der Waals surface area (Å²) in [6, 6.07) is 1.78. The standard InChI is InChI=1S/C11H11N5O4/c12-2-11(3-17)6(18)1-7(20-11)16-5-15-8-9(16)13-4-14-10(8)19/h4-7,17-18H,1,3H2,(H,13,14,19)/t6-,7+,11+/m0/s1. The largest absolute Gasteiger partial charge is 0.392 e. The lowest BCUT2D eigenvalue weighted by Crippen LogP contribution is -2.41. The fourth-order valence-corrected chi connectivity index (χ4v) is 2.27. The van der Waals surface area contributed by atoms with Crippen molar-refractivity contribution in [2.75, 3.05) is 6.61 Å². The molecule has 9 heteroatoms. The van der Waals surface area contributed by atoms with Crippen LogP contribution in [-0.4, -0.2) is 48.0 Å². The predicted octanol–water partition coefficient (Wildman–Crippen LogP) is -1.35. The topological polar surface area (TPSA) is 137 Å². The molecular formula is C11H11N5O4. The zero-order valence-electron chi connectivity index (χ0n) is 10.2. The molecule has 1 saturated heterocycles. The Labute approximate surface area is 112 Å². The average Bonchev–Trinajstić information content (AvgIpc) is 3.01. The third-order valence-corrected chi connectivity index (χ3v) is 3.41. The summed E-state index contributed by atoms with van der Waals surface area (Å²) in [7, 11) is 0. The van der Waals surface area contributed by atoms with Crippen molar-refractivity contribution in [3.63, 3.8) is 0 Å². The first-order valence-corrected chi connectivity index (χ1v) is 5.89. The molecule has 9 nitrogen and oxygen atoms in total. The minimum Gasteiger partial charge on any atom is -0.392 e. The highest BCUT2D eigenvalue weighted by molar-refractivity contribution is 5.68. The second-order valence-electron chi connectivity index (χ2n) is 4.54. The molecule has 1 aliphatic rings. The summed E-state index contributed by atoms with van der Waals surface area (Å²) >= 11 is 0. The van der Waals surface area contributed by atoms with Crippen LogP contribution in [0.5, 0.6) is 0 Å². The number of aliphatic hydroxyl groups is 2. The molecule has 0 radical (unpaired) electrons. The van der Waals surface area contributed by atoms with Crippen LogP contribution in [0, 0.1) is 11.3 Å². The highest BCUT2D eigenvalue weighted by atomic mass is 16.6. The van der Waals surface area contributed by atoms with Crippen LogP contribution in [-0.2, 0) is 4.74 Å². The van der Waals surface area contributed by atoms with Gasteiger partial charge in [-0.2, -0.15) is 5.26 Å². The van der Waals surface area contributed by atoms with Gasteiger partial charge in [-0.05, 0) is 0 Å². The van der Waals surface area contributed by atoms with Crippen molar-refractivity contribution in [2.24, 2.45) is 0 Å². The van der Waals surface area contributed by atoms with Gasteiger partial charge in [-0.1, -0.05) is 0 Å². The Morgan fingerprint density at radius 1 is 1.65 bits per heavy atom. The zero-order valence-corrected chi connectivity index (χ0v) is 10.2. The van der Waals surface area contributed by atoms with Crippen LogP contribution >= 0.6 is 0 Å². The van der Waals surface area contributed by atoms with E-state index in [1.807, 2.05) is 0 Å². The maximum atomic E-state index is 11.6. The smallest absolute Gasteiger partial charge is 0.278 e. The van der Waals surface area contributed by atoms with Gasteiger partial charge in [0.1, 0.15) is 18.4 Å². The normalized spacial score (nSPS) is 29.6. The molecule has 2 aromatic heterocycles. The Morgan fingerprint density at radius 2 is 2.45 bits per heavy atom. The molecule has 0 unspecified atom stereocenters. The van der Waals surface area contributed by atoms with E-state index in [0.717, 1.165) is 0 Å². The van der Waals surface area contributed by atoms with Crippen molar-refractivity contribution in [1.82, 2.24) is 19.5 Å². The maximum absolute atomic E-state index is 11.6. The van der Waals surface area contributed by atoms with Gasteiger partial charge in [0.15, 0.2) is 11.2 Å². The highest BCUT2D eigenvalue weighted by Crippen LogP contribution is 2.37. The molecule has 0 spiro atoms. The number of fused-ring (bicyclic) bond motifs is 1. The van der Waals surface area contributed by atoms with Crippen LogP contribution in [0.2, 0.25) is 0 Å². The number of nitrogens with one attached hydrogen (secondary N) is 1. The van der Waals surface area contributed by atoms with Gasteiger partial charge in [-0.25, -0.2) is 9.97 Å². The van der Waals surface area contributed by atoms with Crippen molar-refractivity contribution < 1.29 is 14.9 Å². The number of ether oxygens (including phenoxy) is 1. The van der Waals surface area contributed by atoms with Crippen LogP contribution in [0.4, 0.5) is 0 Å². The predicted molar refractivity (Wildman–Crippen MR) is 64.3 cm³/mol. The first-order valence-electron chi connectivity index (χ1n) is 5.89. The van der Waals surface area contributed by atoms with E-state index in [0.29, 0.717) is 0 Å². The van der Waals surface area contributed by atoms with E-state index < -0.39 is 24.5 Å². The van der Waals surface area contributed by atoms with Gasteiger partial charge in [0.05, 0.1) is 19.3 Å². The van der Waals surface area contributed by atoms with Crippen LogP contribution in [0.15, 0.2) is 17.4 Å². The number of aliphatic hydroxyl groups excluding tert-OH is 2. The Kier molecular flexibility index (Phi) is 2.79. The van der Waals surface area contributed by atoms with Crippen molar-refractivity contribution >= 4 is 11.2 Å². The number of rotatable bonds is 2. The quantitative estimate of drug-likeness (QED) is 0.617. The van der Waals surface area contributed by atoms with Crippen LogP contribution in [0.1, 0.15) is 12.6 Å². The lowest BCUT2D eigenvalue weighted by Gasteiger charge is -2.21. The molecule has 0 amide bonds.